The van der Waals surface area contributed by atoms with Crippen LogP contribution in [0, 0.1) is 5.92 Å². The Bertz CT molecular complexity index is 30.6. The lowest BCUT2D eigenvalue weighted by atomic mass is 10.5. The van der Waals surface area contributed by atoms with Gasteiger partial charge >= 0.3 is 0 Å². The number of hydrogen-bond donors (Lipinski definition) is 0. The van der Waals surface area contributed by atoms with Crippen molar-refractivity contribution in [2.24, 2.45) is 5.92 Å². The average molecular weight is 69.1 g/mol. The second-order valence-electron chi connectivity index (χ2n) is 1.63. The molecule has 0 bridgehead atoms. The van der Waals surface area contributed by atoms with Gasteiger partial charge in [0.2, 0.25) is 0 Å². The molecule has 0 atom stereocenters. The highest BCUT2D eigenvalue weighted by atomic mass is 14.6. The molecule has 1 saturated carbocycles. The first-order valence-electron chi connectivity index (χ1n) is 2.04. The fraction of sp³-hybridized carbons (Fsp3) is 1.00. The van der Waals surface area contributed by atoms with Gasteiger partial charge in [0.15, 0.2) is 0 Å². The van der Waals surface area contributed by atoms with E-state index in [1.54, 1.807) is 0 Å². The van der Waals surface area contributed by atoms with E-state index >= 15 is 0 Å². The molecule has 1 fully saturated rings. The smallest absolute Gasteiger partial charge is 0.0349 e. The predicted molar refractivity (Wildman–Crippen MR) is 19.7 cm³/mol. The topological polar surface area (TPSA) is 22.3 Å². The molecule has 0 spiro atoms. The second kappa shape index (κ2) is 0.977. The predicted octanol–water partition coefficient (Wildman–Crippen LogP) is 0.465. The monoisotopic (exact) mass is 69.1 g/mol. The first-order valence-corrected chi connectivity index (χ1v) is 2.04. The third-order valence-corrected chi connectivity index (χ3v) is 0.955. The Morgan fingerprint density at radius 1 is 1.60 bits per heavy atom. The summed E-state index contributed by atoms with van der Waals surface area (Å²) in [5.74, 6) is 0.690. The largest absolute Gasteiger partial charge is 0.145 e. The molecule has 2 radical (unpaired) electrons. The van der Waals surface area contributed by atoms with Crippen molar-refractivity contribution in [3.63, 3.8) is 0 Å². The highest BCUT2D eigenvalue weighted by Gasteiger charge is 2.18. The summed E-state index contributed by atoms with van der Waals surface area (Å²) in [6, 6.07) is 0. The molecule has 0 unspecified atom stereocenters. The Morgan fingerprint density at radius 3 is 2.20 bits per heavy atom. The Labute approximate surface area is 32.2 Å². The Hall–Kier alpha value is -0.0400. The van der Waals surface area contributed by atoms with Crippen LogP contribution in [0.4, 0.5) is 0 Å². The quantitative estimate of drug-likeness (QED) is 0.427. The molecular weight excluding hydrogens is 62.1 g/mol. The lowest BCUT2D eigenvalue weighted by molar-refractivity contribution is 0.827. The van der Waals surface area contributed by atoms with Crippen molar-refractivity contribution < 1.29 is 0 Å². The molecule has 0 aromatic rings. The lowest BCUT2D eigenvalue weighted by Gasteiger charge is -1.70. The standard InChI is InChI=1S/C4H7N/c5-3-4-1-2-4/h4H,1-3H2. The van der Waals surface area contributed by atoms with Crippen LogP contribution in [0.1, 0.15) is 12.8 Å². The van der Waals surface area contributed by atoms with Gasteiger partial charge in [-0.15, -0.1) is 5.73 Å². The molecule has 0 amide bonds. The Kier molecular flexibility index (Phi) is 0.618. The van der Waals surface area contributed by atoms with E-state index in [1.165, 1.54) is 12.8 Å². The van der Waals surface area contributed by atoms with Gasteiger partial charge in [0, 0.05) is 6.54 Å². The van der Waals surface area contributed by atoms with Crippen LogP contribution in [0.3, 0.4) is 0 Å². The highest BCUT2D eigenvalue weighted by molar-refractivity contribution is 4.72. The second-order valence-corrected chi connectivity index (χ2v) is 1.63. The molecule has 0 aromatic carbocycles. The van der Waals surface area contributed by atoms with Crippen molar-refractivity contribution in [1.29, 1.82) is 0 Å². The molecule has 0 saturated heterocycles. The molecule has 28 valence electrons. The maximum Gasteiger partial charge on any atom is 0.0349 e. The lowest BCUT2D eigenvalue weighted by Crippen LogP contribution is -1.82. The molecular formula is C4H7N. The summed E-state index contributed by atoms with van der Waals surface area (Å²) < 4.78 is 0. The van der Waals surface area contributed by atoms with E-state index in [0.717, 1.165) is 0 Å². The zero-order chi connectivity index (χ0) is 3.70. The van der Waals surface area contributed by atoms with Gasteiger partial charge in [-0.2, -0.15) is 0 Å². The maximum absolute atomic E-state index is 8.21. The van der Waals surface area contributed by atoms with E-state index in [4.69, 9.17) is 5.73 Å². The van der Waals surface area contributed by atoms with Gasteiger partial charge in [0.05, 0.1) is 0 Å². The van der Waals surface area contributed by atoms with Gasteiger partial charge in [-0.3, -0.25) is 0 Å². The van der Waals surface area contributed by atoms with E-state index in [0.29, 0.717) is 12.5 Å². The highest BCUT2D eigenvalue weighted by Crippen LogP contribution is 2.26. The molecule has 0 N–H and O–H groups in total. The molecule has 1 rings (SSSR count). The normalized spacial score (nSPS) is 23.4. The van der Waals surface area contributed by atoms with Crippen LogP contribution < -0.4 is 5.73 Å². The van der Waals surface area contributed by atoms with Crippen LogP contribution in [0.25, 0.3) is 0 Å². The van der Waals surface area contributed by atoms with Crippen LogP contribution in [-0.2, 0) is 0 Å². The molecule has 0 heterocycles. The van der Waals surface area contributed by atoms with E-state index in [-0.39, 0.29) is 0 Å². The third kappa shape index (κ3) is 0.618. The molecule has 1 nitrogen and oxygen atoms in total. The first kappa shape index (κ1) is 3.16. The average Bonchev–Trinajstić information content (AvgIpc) is 2.12. The molecule has 0 aromatic heterocycles. The van der Waals surface area contributed by atoms with Gasteiger partial charge in [0.1, 0.15) is 0 Å². The van der Waals surface area contributed by atoms with Gasteiger partial charge < -0.3 is 0 Å². The fourth-order valence-electron chi connectivity index (χ4n) is 0.300. The zero-order valence-electron chi connectivity index (χ0n) is 3.15. The minimum Gasteiger partial charge on any atom is -0.145 e. The van der Waals surface area contributed by atoms with Crippen LogP contribution in [-0.4, -0.2) is 6.54 Å². The van der Waals surface area contributed by atoms with E-state index in [1.807, 2.05) is 0 Å². The zero-order valence-corrected chi connectivity index (χ0v) is 3.15. The minimum atomic E-state index is 0.417. The molecule has 1 aliphatic rings. The van der Waals surface area contributed by atoms with E-state index in [2.05, 4.69) is 0 Å². The van der Waals surface area contributed by atoms with Crippen molar-refractivity contribution >= 4 is 0 Å². The number of rotatable bonds is 1. The number of hydrogen-bond acceptors (Lipinski definition) is 0. The van der Waals surface area contributed by atoms with Crippen LogP contribution in [0.5, 0.6) is 0 Å². The summed E-state index contributed by atoms with van der Waals surface area (Å²) in [5.41, 5.74) is 8.21. The Balaban J connectivity index is 2.00. The summed E-state index contributed by atoms with van der Waals surface area (Å²) in [6.07, 6.45) is 2.52. The molecule has 0 aliphatic heterocycles. The summed E-state index contributed by atoms with van der Waals surface area (Å²) in [7, 11) is 0. The van der Waals surface area contributed by atoms with Gasteiger partial charge in [-0.25, -0.2) is 0 Å². The first-order chi connectivity index (χ1) is 2.43. The molecule has 1 heteroatoms. The number of nitrogens with zero attached hydrogens (tertiary/aromatic N) is 1. The van der Waals surface area contributed by atoms with Crippen LogP contribution >= 0.6 is 0 Å². The summed E-state index contributed by atoms with van der Waals surface area (Å²) >= 11 is 0. The van der Waals surface area contributed by atoms with Crippen molar-refractivity contribution in [3.8, 4) is 0 Å². The summed E-state index contributed by atoms with van der Waals surface area (Å²) in [4.78, 5) is 0. The van der Waals surface area contributed by atoms with Crippen molar-refractivity contribution in [3.05, 3.63) is 0 Å². The van der Waals surface area contributed by atoms with Gasteiger partial charge in [0.25, 0.3) is 0 Å². The van der Waals surface area contributed by atoms with Crippen molar-refractivity contribution in [2.75, 3.05) is 6.54 Å². The van der Waals surface area contributed by atoms with Crippen molar-refractivity contribution in [1.82, 2.24) is 5.73 Å². The summed E-state index contributed by atoms with van der Waals surface area (Å²) in [6.45, 7) is 0.417. The molecule has 5 heavy (non-hydrogen) atoms. The fourth-order valence-corrected chi connectivity index (χ4v) is 0.300. The van der Waals surface area contributed by atoms with Crippen molar-refractivity contribution in [2.45, 2.75) is 12.8 Å². The molecule has 1 aliphatic carbocycles. The van der Waals surface area contributed by atoms with E-state index < -0.39 is 0 Å². The maximum atomic E-state index is 8.21. The SMILES string of the molecule is [N]CC1CC1. The third-order valence-electron chi connectivity index (χ3n) is 0.955. The van der Waals surface area contributed by atoms with Gasteiger partial charge in [-0.05, 0) is 18.8 Å². The minimum absolute atomic E-state index is 0.417. The summed E-state index contributed by atoms with van der Waals surface area (Å²) in [5, 5.41) is 0. The Morgan fingerprint density at radius 2 is 2.20 bits per heavy atom. The van der Waals surface area contributed by atoms with E-state index in [9.17, 15) is 0 Å². The van der Waals surface area contributed by atoms with Gasteiger partial charge in [-0.1, -0.05) is 0 Å². The van der Waals surface area contributed by atoms with Crippen LogP contribution in [0.2, 0.25) is 0 Å². The van der Waals surface area contributed by atoms with Crippen LogP contribution in [0.15, 0.2) is 0 Å².